The highest BCUT2D eigenvalue weighted by atomic mass is 32.1. The lowest BCUT2D eigenvalue weighted by Crippen LogP contribution is -2.11. The topological polar surface area (TPSA) is 8.17 Å². The Hall–Kier alpha value is -6.42. The normalized spacial score (nSPS) is 11.5. The van der Waals surface area contributed by atoms with E-state index in [4.69, 9.17) is 0 Å². The van der Waals surface area contributed by atoms with Crippen molar-refractivity contribution in [1.82, 2.24) is 4.57 Å². The van der Waals surface area contributed by atoms with Crippen LogP contribution in [-0.4, -0.2) is 4.57 Å². The summed E-state index contributed by atoms with van der Waals surface area (Å²) in [5.41, 5.74) is 11.7. The van der Waals surface area contributed by atoms with Crippen molar-refractivity contribution >= 4 is 70.4 Å². The van der Waals surface area contributed by atoms with Crippen LogP contribution >= 0.6 is 11.3 Å². The second kappa shape index (κ2) is 12.2. The van der Waals surface area contributed by atoms with Gasteiger partial charge in [-0.1, -0.05) is 127 Å². The van der Waals surface area contributed by atoms with E-state index in [2.05, 4.69) is 204 Å². The van der Waals surface area contributed by atoms with E-state index in [9.17, 15) is 0 Å². The number of hydrogen-bond acceptors (Lipinski definition) is 2. The Balaban J connectivity index is 1.12. The molecule has 0 aliphatic carbocycles. The van der Waals surface area contributed by atoms with E-state index in [1.54, 1.807) is 0 Å². The first kappa shape index (κ1) is 29.5. The molecule has 0 radical (unpaired) electrons. The van der Waals surface area contributed by atoms with Gasteiger partial charge in [-0.05, 0) is 83.4 Å². The third kappa shape index (κ3) is 5.01. The molecule has 2 aromatic heterocycles. The van der Waals surface area contributed by atoms with Crippen LogP contribution in [-0.2, 0) is 0 Å². The molecule has 0 spiro atoms. The average Bonchev–Trinajstić information content (AvgIpc) is 3.74. The molecule has 2 nitrogen and oxygen atoms in total. The quantitative estimate of drug-likeness (QED) is 0.171. The molecule has 0 bridgehead atoms. The zero-order valence-electron chi connectivity index (χ0n) is 27.8. The number of nitrogens with zero attached hydrogens (tertiary/aromatic N) is 2. The summed E-state index contributed by atoms with van der Waals surface area (Å²) in [5.74, 6) is 0. The van der Waals surface area contributed by atoms with Crippen molar-refractivity contribution in [3.8, 4) is 27.9 Å². The van der Waals surface area contributed by atoms with Crippen LogP contribution in [0.25, 0.3) is 69.9 Å². The number of anilines is 3. The van der Waals surface area contributed by atoms with Crippen LogP contribution in [0, 0.1) is 0 Å². The van der Waals surface area contributed by atoms with Crippen LogP contribution in [0.2, 0.25) is 0 Å². The lowest BCUT2D eigenvalue weighted by Gasteiger charge is -2.28. The SMILES string of the molecule is c1ccc(-c2ccc(N(c3ccccc3)c3ccccc3-c3ccc4c(c3)c3ccccc3n4-c3ccc4c(c3)sc3ccccc34)cc2)cc1. The summed E-state index contributed by atoms with van der Waals surface area (Å²) in [7, 11) is 0. The van der Waals surface area contributed by atoms with Crippen LogP contribution < -0.4 is 4.90 Å². The van der Waals surface area contributed by atoms with Crippen molar-refractivity contribution in [2.75, 3.05) is 4.90 Å². The molecule has 0 aliphatic heterocycles. The first-order valence-corrected chi connectivity index (χ1v) is 18.2. The van der Waals surface area contributed by atoms with Crippen LogP contribution in [0.1, 0.15) is 0 Å². The molecule has 0 N–H and O–H groups in total. The predicted octanol–water partition coefficient (Wildman–Crippen LogP) is 14.0. The fraction of sp³-hybridized carbons (Fsp3) is 0. The van der Waals surface area contributed by atoms with Gasteiger partial charge < -0.3 is 9.47 Å². The van der Waals surface area contributed by atoms with Crippen molar-refractivity contribution < 1.29 is 0 Å². The van der Waals surface area contributed by atoms with E-state index in [0.717, 1.165) is 17.1 Å². The summed E-state index contributed by atoms with van der Waals surface area (Å²) in [6, 6.07) is 70.3. The van der Waals surface area contributed by atoms with Gasteiger partial charge in [0.15, 0.2) is 0 Å². The lowest BCUT2D eigenvalue weighted by molar-refractivity contribution is 1.19. The van der Waals surface area contributed by atoms with E-state index in [1.165, 1.54) is 69.9 Å². The number of para-hydroxylation sites is 3. The first-order valence-electron chi connectivity index (χ1n) is 17.4. The summed E-state index contributed by atoms with van der Waals surface area (Å²) in [6.45, 7) is 0. The highest BCUT2D eigenvalue weighted by Crippen LogP contribution is 2.43. The minimum atomic E-state index is 1.11. The Bertz CT molecular complexity index is 2850. The van der Waals surface area contributed by atoms with Gasteiger partial charge in [-0.25, -0.2) is 0 Å². The van der Waals surface area contributed by atoms with E-state index >= 15 is 0 Å². The van der Waals surface area contributed by atoms with Gasteiger partial charge in [-0.15, -0.1) is 11.3 Å². The van der Waals surface area contributed by atoms with Crippen LogP contribution in [0.5, 0.6) is 0 Å². The van der Waals surface area contributed by atoms with E-state index in [-0.39, 0.29) is 0 Å². The highest BCUT2D eigenvalue weighted by molar-refractivity contribution is 7.25. The number of benzene rings is 8. The molecule has 0 saturated heterocycles. The van der Waals surface area contributed by atoms with E-state index in [1.807, 2.05) is 11.3 Å². The summed E-state index contributed by atoms with van der Waals surface area (Å²) in [5, 5.41) is 5.13. The monoisotopic (exact) mass is 668 g/mol. The maximum absolute atomic E-state index is 2.43. The second-order valence-corrected chi connectivity index (χ2v) is 14.0. The molecule has 0 saturated carbocycles. The number of fused-ring (bicyclic) bond motifs is 6. The lowest BCUT2D eigenvalue weighted by atomic mass is 9.99. The van der Waals surface area contributed by atoms with Crippen molar-refractivity contribution in [2.45, 2.75) is 0 Å². The summed E-state index contributed by atoms with van der Waals surface area (Å²) in [6.07, 6.45) is 0. The average molecular weight is 669 g/mol. The predicted molar refractivity (Wildman–Crippen MR) is 219 cm³/mol. The van der Waals surface area contributed by atoms with Gasteiger partial charge in [0.05, 0.1) is 16.7 Å². The third-order valence-corrected chi connectivity index (χ3v) is 11.1. The fourth-order valence-electron chi connectivity index (χ4n) is 7.62. The standard InChI is InChI=1S/C48H32N2S/c1-3-13-33(14-4-1)34-23-26-37(27-24-34)49(36-15-5-2-6-16-36)44-20-10-7-17-39(44)35-25-30-46-43(31-35)40-18-8-11-21-45(40)50(46)38-28-29-42-41-19-9-12-22-47(41)51-48(42)32-38/h1-32H. The van der Waals surface area contributed by atoms with Crippen molar-refractivity contribution in [2.24, 2.45) is 0 Å². The van der Waals surface area contributed by atoms with Crippen LogP contribution in [0.15, 0.2) is 194 Å². The molecule has 3 heteroatoms. The molecular formula is C48H32N2S. The van der Waals surface area contributed by atoms with Gasteiger partial charge in [0.1, 0.15) is 0 Å². The van der Waals surface area contributed by atoms with Gasteiger partial charge in [-0.3, -0.25) is 0 Å². The first-order chi connectivity index (χ1) is 25.3. The van der Waals surface area contributed by atoms with E-state index < -0.39 is 0 Å². The molecule has 240 valence electrons. The van der Waals surface area contributed by atoms with Crippen LogP contribution in [0.3, 0.4) is 0 Å². The zero-order chi connectivity index (χ0) is 33.7. The highest BCUT2D eigenvalue weighted by Gasteiger charge is 2.19. The van der Waals surface area contributed by atoms with Gasteiger partial charge in [-0.2, -0.15) is 0 Å². The van der Waals surface area contributed by atoms with Gasteiger partial charge >= 0.3 is 0 Å². The third-order valence-electron chi connectivity index (χ3n) is 10.00. The molecule has 8 aromatic carbocycles. The fourth-order valence-corrected chi connectivity index (χ4v) is 8.76. The summed E-state index contributed by atoms with van der Waals surface area (Å²) >= 11 is 1.87. The Morgan fingerprint density at radius 2 is 0.980 bits per heavy atom. The Labute approximate surface area is 300 Å². The Morgan fingerprint density at radius 3 is 1.82 bits per heavy atom. The Kier molecular flexibility index (Phi) is 7.04. The molecular weight excluding hydrogens is 637 g/mol. The minimum Gasteiger partial charge on any atom is -0.310 e. The molecule has 51 heavy (non-hydrogen) atoms. The molecule has 10 rings (SSSR count). The minimum absolute atomic E-state index is 1.11. The van der Waals surface area contributed by atoms with Gasteiger partial charge in [0.25, 0.3) is 0 Å². The molecule has 0 atom stereocenters. The smallest absolute Gasteiger partial charge is 0.0541 e. The maximum atomic E-state index is 2.43. The zero-order valence-corrected chi connectivity index (χ0v) is 28.6. The Morgan fingerprint density at radius 1 is 0.373 bits per heavy atom. The maximum Gasteiger partial charge on any atom is 0.0541 e. The van der Waals surface area contributed by atoms with Crippen molar-refractivity contribution in [3.63, 3.8) is 0 Å². The molecule has 2 heterocycles. The second-order valence-electron chi connectivity index (χ2n) is 13.0. The largest absolute Gasteiger partial charge is 0.310 e. The number of hydrogen-bond donors (Lipinski definition) is 0. The number of rotatable bonds is 6. The van der Waals surface area contributed by atoms with Crippen molar-refractivity contribution in [1.29, 1.82) is 0 Å². The summed E-state index contributed by atoms with van der Waals surface area (Å²) < 4.78 is 5.06. The molecule has 0 amide bonds. The molecule has 0 aliphatic rings. The number of aromatic nitrogens is 1. The molecule has 10 aromatic rings. The van der Waals surface area contributed by atoms with Crippen molar-refractivity contribution in [3.05, 3.63) is 194 Å². The van der Waals surface area contributed by atoms with E-state index in [0.29, 0.717) is 0 Å². The van der Waals surface area contributed by atoms with Crippen LogP contribution in [0.4, 0.5) is 17.1 Å². The molecule has 0 unspecified atom stereocenters. The molecule has 0 fully saturated rings. The number of thiophene rings is 1. The van der Waals surface area contributed by atoms with Gasteiger partial charge in [0.2, 0.25) is 0 Å². The van der Waals surface area contributed by atoms with Gasteiger partial charge in [0, 0.05) is 53.6 Å². The summed E-state index contributed by atoms with van der Waals surface area (Å²) in [4.78, 5) is 2.37.